The van der Waals surface area contributed by atoms with Crippen molar-refractivity contribution in [3.05, 3.63) is 23.8 Å². The number of methoxy groups -OCH3 is 2. The molecule has 0 saturated carbocycles. The van der Waals surface area contributed by atoms with Gasteiger partial charge in [-0.3, -0.25) is 4.79 Å². The molecule has 0 N–H and O–H groups in total. The Labute approximate surface area is 115 Å². The predicted molar refractivity (Wildman–Crippen MR) is 48.9 cm³/mol. The number of carboxylic acids is 1. The number of aliphatic carboxylic acids is 1. The smallest absolute Gasteiger partial charge is 0.541 e. The molecule has 1 rings (SSSR count). The quantitative estimate of drug-likeness (QED) is 0.308. The number of benzene rings is 1. The molecule has 80 valence electrons. The minimum absolute atomic E-state index is 0. The van der Waals surface area contributed by atoms with Crippen LogP contribution in [0.1, 0.15) is 10.4 Å². The van der Waals surface area contributed by atoms with Crippen LogP contribution in [-0.4, -0.2) is 26.0 Å². The summed E-state index contributed by atoms with van der Waals surface area (Å²) in [4.78, 5) is 21.6. The minimum atomic E-state index is -1.78. The molecule has 0 aliphatic carbocycles. The number of carbonyl (C=O) groups is 2. The summed E-state index contributed by atoms with van der Waals surface area (Å²) in [5, 5.41) is 10.4. The van der Waals surface area contributed by atoms with Crippen molar-refractivity contribution in [1.29, 1.82) is 0 Å². The molecular weight excluding hydrogens is 223 g/mol. The van der Waals surface area contributed by atoms with Gasteiger partial charge >= 0.3 is 29.6 Å². The number of para-hydroxylation sites is 1. The zero-order valence-corrected chi connectivity index (χ0v) is 11.3. The number of ketones is 1. The molecule has 5 nitrogen and oxygen atoms in total. The SMILES string of the molecule is COc1cccc(C(=O)C(=O)[O-])c1OC.[Na+]. The van der Waals surface area contributed by atoms with Crippen molar-refractivity contribution in [2.45, 2.75) is 0 Å². The van der Waals surface area contributed by atoms with Crippen LogP contribution in [0.3, 0.4) is 0 Å². The molecular formula is C10H9NaO5. The van der Waals surface area contributed by atoms with E-state index >= 15 is 0 Å². The molecule has 0 amide bonds. The van der Waals surface area contributed by atoms with Crippen molar-refractivity contribution in [1.82, 2.24) is 0 Å². The maximum absolute atomic E-state index is 11.2. The summed E-state index contributed by atoms with van der Waals surface area (Å²) < 4.78 is 9.82. The Morgan fingerprint density at radius 2 is 1.81 bits per heavy atom. The molecule has 0 aliphatic heterocycles. The molecule has 0 unspecified atom stereocenters. The first kappa shape index (κ1) is 15.0. The van der Waals surface area contributed by atoms with Crippen LogP contribution < -0.4 is 44.1 Å². The number of carbonyl (C=O) groups excluding carboxylic acids is 2. The molecule has 0 spiro atoms. The topological polar surface area (TPSA) is 75.7 Å². The monoisotopic (exact) mass is 232 g/mol. The van der Waals surface area contributed by atoms with Crippen molar-refractivity contribution in [2.75, 3.05) is 14.2 Å². The summed E-state index contributed by atoms with van der Waals surface area (Å²) in [5.74, 6) is -2.52. The van der Waals surface area contributed by atoms with Crippen molar-refractivity contribution < 1.29 is 53.7 Å². The number of rotatable bonds is 4. The number of carboxylic acid groups (broad SMARTS) is 1. The molecule has 0 heterocycles. The molecule has 0 atom stereocenters. The minimum Gasteiger partial charge on any atom is -0.541 e. The van der Waals surface area contributed by atoms with E-state index in [1.54, 1.807) is 6.07 Å². The Balaban J connectivity index is 0.00000225. The predicted octanol–water partition coefficient (Wildman–Crippen LogP) is -3.36. The van der Waals surface area contributed by atoms with Gasteiger partial charge in [-0.15, -0.1) is 0 Å². The summed E-state index contributed by atoms with van der Waals surface area (Å²) >= 11 is 0. The zero-order chi connectivity index (χ0) is 11.4. The van der Waals surface area contributed by atoms with E-state index in [9.17, 15) is 14.7 Å². The van der Waals surface area contributed by atoms with Crippen LogP contribution in [-0.2, 0) is 4.79 Å². The Bertz CT molecular complexity index is 402. The third-order valence-electron chi connectivity index (χ3n) is 1.83. The van der Waals surface area contributed by atoms with Crippen LogP contribution in [0.15, 0.2) is 18.2 Å². The Morgan fingerprint density at radius 1 is 1.19 bits per heavy atom. The van der Waals surface area contributed by atoms with Crippen LogP contribution in [0.2, 0.25) is 0 Å². The van der Waals surface area contributed by atoms with Crippen LogP contribution in [0.4, 0.5) is 0 Å². The molecule has 0 saturated heterocycles. The second-order valence-electron chi connectivity index (χ2n) is 2.66. The van der Waals surface area contributed by atoms with E-state index in [-0.39, 0.29) is 40.9 Å². The summed E-state index contributed by atoms with van der Waals surface area (Å²) in [5.41, 5.74) is -0.0862. The van der Waals surface area contributed by atoms with Crippen molar-refractivity contribution in [2.24, 2.45) is 0 Å². The number of hydrogen-bond donors (Lipinski definition) is 0. The molecule has 1 aromatic carbocycles. The van der Waals surface area contributed by atoms with Crippen LogP contribution in [0.25, 0.3) is 0 Å². The maximum atomic E-state index is 11.2. The second kappa shape index (κ2) is 6.52. The van der Waals surface area contributed by atoms with Crippen LogP contribution >= 0.6 is 0 Å². The van der Waals surface area contributed by atoms with Gasteiger partial charge in [-0.05, 0) is 12.1 Å². The molecule has 0 radical (unpaired) electrons. The van der Waals surface area contributed by atoms with E-state index in [0.717, 1.165) is 0 Å². The van der Waals surface area contributed by atoms with Gasteiger partial charge in [-0.1, -0.05) is 6.07 Å². The van der Waals surface area contributed by atoms with E-state index < -0.39 is 11.8 Å². The van der Waals surface area contributed by atoms with Gasteiger partial charge in [0.25, 0.3) is 0 Å². The largest absolute Gasteiger partial charge is 1.00 e. The first-order valence-electron chi connectivity index (χ1n) is 4.08. The Hall–Kier alpha value is -1.04. The van der Waals surface area contributed by atoms with Crippen LogP contribution in [0.5, 0.6) is 11.5 Å². The fourth-order valence-electron chi connectivity index (χ4n) is 1.18. The molecule has 0 aliphatic rings. The number of hydrogen-bond acceptors (Lipinski definition) is 5. The van der Waals surface area contributed by atoms with Gasteiger partial charge in [-0.2, -0.15) is 0 Å². The Morgan fingerprint density at radius 3 is 2.25 bits per heavy atom. The van der Waals surface area contributed by atoms with Gasteiger partial charge in [0.2, 0.25) is 5.78 Å². The van der Waals surface area contributed by atoms with E-state index in [0.29, 0.717) is 5.75 Å². The van der Waals surface area contributed by atoms with Crippen molar-refractivity contribution >= 4 is 11.8 Å². The average molecular weight is 232 g/mol. The van der Waals surface area contributed by atoms with Crippen LogP contribution in [0, 0.1) is 0 Å². The first-order chi connectivity index (χ1) is 7.11. The van der Waals surface area contributed by atoms with Crippen molar-refractivity contribution in [3.63, 3.8) is 0 Å². The van der Waals surface area contributed by atoms with E-state index in [2.05, 4.69) is 0 Å². The summed E-state index contributed by atoms with van der Waals surface area (Å²) in [6, 6.07) is 4.39. The maximum Gasteiger partial charge on any atom is 1.00 e. The fourth-order valence-corrected chi connectivity index (χ4v) is 1.18. The normalized spacial score (nSPS) is 8.88. The number of ether oxygens (including phenoxy) is 2. The molecule has 0 aromatic heterocycles. The standard InChI is InChI=1S/C10H10O5.Na/c1-14-7-5-3-4-6(9(7)15-2)8(11)10(12)13;/h3-5H,1-2H3,(H,12,13);/q;+1/p-1. The molecule has 0 fully saturated rings. The summed E-state index contributed by atoms with van der Waals surface area (Å²) in [7, 11) is 2.72. The van der Waals surface area contributed by atoms with Gasteiger partial charge in [0.15, 0.2) is 11.5 Å². The van der Waals surface area contributed by atoms with Crippen molar-refractivity contribution in [3.8, 4) is 11.5 Å². The Kier molecular flexibility index (Phi) is 6.10. The molecule has 16 heavy (non-hydrogen) atoms. The van der Waals surface area contributed by atoms with E-state index in [1.807, 2.05) is 0 Å². The number of Topliss-reactive ketones (excluding diaryl/α,β-unsaturated/α-hetero) is 1. The van der Waals surface area contributed by atoms with Gasteiger partial charge in [0, 0.05) is 0 Å². The van der Waals surface area contributed by atoms with E-state index in [1.165, 1.54) is 26.4 Å². The van der Waals surface area contributed by atoms with Gasteiger partial charge in [-0.25, -0.2) is 0 Å². The van der Waals surface area contributed by atoms with Gasteiger partial charge < -0.3 is 19.4 Å². The molecule has 6 heteroatoms. The molecule has 1 aromatic rings. The first-order valence-corrected chi connectivity index (χ1v) is 4.08. The van der Waals surface area contributed by atoms with Gasteiger partial charge in [0.05, 0.1) is 19.8 Å². The van der Waals surface area contributed by atoms with E-state index in [4.69, 9.17) is 9.47 Å². The van der Waals surface area contributed by atoms with Gasteiger partial charge in [0.1, 0.15) is 5.97 Å². The summed E-state index contributed by atoms with van der Waals surface area (Å²) in [6.07, 6.45) is 0. The third kappa shape index (κ3) is 2.98. The summed E-state index contributed by atoms with van der Waals surface area (Å²) in [6.45, 7) is 0. The molecule has 0 bridgehead atoms. The average Bonchev–Trinajstić information content (AvgIpc) is 2.26. The fraction of sp³-hybridized carbons (Fsp3) is 0.200. The zero-order valence-electron chi connectivity index (χ0n) is 9.27. The second-order valence-corrected chi connectivity index (χ2v) is 2.66. The third-order valence-corrected chi connectivity index (χ3v) is 1.83.